The minimum absolute atomic E-state index is 0.300. The molecule has 0 atom stereocenters. The molecule has 110 valence electrons. The predicted molar refractivity (Wildman–Crippen MR) is 85.0 cm³/mol. The van der Waals surface area contributed by atoms with Crippen LogP contribution in [0.2, 0.25) is 0 Å². The number of fused-ring (bicyclic) bond motifs is 1. The Hall–Kier alpha value is -1.71. The van der Waals surface area contributed by atoms with Gasteiger partial charge in [0.05, 0.1) is 11.0 Å². The summed E-state index contributed by atoms with van der Waals surface area (Å²) in [4.78, 5) is 8.12. The maximum absolute atomic E-state index is 5.85. The Labute approximate surface area is 124 Å². The van der Waals surface area contributed by atoms with Crippen molar-refractivity contribution >= 4 is 22.7 Å². The zero-order valence-electron chi connectivity index (χ0n) is 12.2. The second-order valence-corrected chi connectivity index (χ2v) is 7.68. The van der Waals surface area contributed by atoms with Gasteiger partial charge in [0.1, 0.15) is 0 Å². The van der Waals surface area contributed by atoms with Gasteiger partial charge in [0.25, 0.3) is 0 Å². The summed E-state index contributed by atoms with van der Waals surface area (Å²) in [7, 11) is 0. The number of H-pyrrole nitrogens is 1. The largest absolute Gasteiger partial charge is 0.399 e. The predicted octanol–water partition coefficient (Wildman–Crippen LogP) is 3.53. The van der Waals surface area contributed by atoms with E-state index in [1.54, 1.807) is 0 Å². The fourth-order valence-corrected chi connectivity index (χ4v) is 5.60. The number of nitrogens with zero attached hydrogens (tertiary/aromatic N) is 1. The van der Waals surface area contributed by atoms with Crippen molar-refractivity contribution in [1.29, 1.82) is 0 Å². The molecule has 6 rings (SSSR count). The van der Waals surface area contributed by atoms with E-state index in [4.69, 9.17) is 10.7 Å². The van der Waals surface area contributed by atoms with Crippen LogP contribution in [0.5, 0.6) is 0 Å². The maximum Gasteiger partial charge on any atom is 0.201 e. The number of rotatable bonds is 2. The number of nitrogens with one attached hydrogen (secondary N) is 2. The molecule has 4 aliphatic carbocycles. The number of imidazole rings is 1. The van der Waals surface area contributed by atoms with Gasteiger partial charge in [0, 0.05) is 11.2 Å². The van der Waals surface area contributed by atoms with E-state index in [9.17, 15) is 0 Å². The SMILES string of the molecule is Nc1ccc2nc(NC34CC5CC(CC(C5)C3)C4)[nH]c2c1. The minimum Gasteiger partial charge on any atom is -0.399 e. The third-order valence-corrected chi connectivity index (χ3v) is 5.93. The van der Waals surface area contributed by atoms with E-state index in [2.05, 4.69) is 10.3 Å². The van der Waals surface area contributed by atoms with Crippen molar-refractivity contribution in [3.05, 3.63) is 18.2 Å². The van der Waals surface area contributed by atoms with Gasteiger partial charge in [-0.25, -0.2) is 4.98 Å². The number of aromatic amines is 1. The first-order chi connectivity index (χ1) is 10.2. The number of hydrogen-bond acceptors (Lipinski definition) is 3. The molecule has 4 nitrogen and oxygen atoms in total. The highest BCUT2D eigenvalue weighted by Gasteiger charge is 2.51. The molecule has 1 aromatic carbocycles. The molecule has 1 aromatic heterocycles. The van der Waals surface area contributed by atoms with Gasteiger partial charge in [-0.3, -0.25) is 0 Å². The number of nitrogens with two attached hydrogens (primary N) is 1. The van der Waals surface area contributed by atoms with Crippen LogP contribution in [0.4, 0.5) is 11.6 Å². The second-order valence-electron chi connectivity index (χ2n) is 7.68. The number of hydrogen-bond donors (Lipinski definition) is 3. The molecule has 0 radical (unpaired) electrons. The summed E-state index contributed by atoms with van der Waals surface area (Å²) in [5.41, 5.74) is 8.96. The Bertz CT molecular complexity index is 667. The Balaban J connectivity index is 1.48. The Morgan fingerprint density at radius 1 is 1.10 bits per heavy atom. The van der Waals surface area contributed by atoms with E-state index < -0.39 is 0 Å². The van der Waals surface area contributed by atoms with Crippen molar-refractivity contribution < 1.29 is 0 Å². The van der Waals surface area contributed by atoms with Crippen molar-refractivity contribution in [2.24, 2.45) is 17.8 Å². The summed E-state index contributed by atoms with van der Waals surface area (Å²) in [5.74, 6) is 3.77. The molecule has 4 heteroatoms. The average Bonchev–Trinajstić information content (AvgIpc) is 2.77. The normalized spacial score (nSPS) is 37.2. The lowest BCUT2D eigenvalue weighted by molar-refractivity contribution is 0.0104. The molecular weight excluding hydrogens is 260 g/mol. The number of aromatic nitrogens is 2. The molecule has 0 unspecified atom stereocenters. The highest BCUT2D eigenvalue weighted by molar-refractivity contribution is 5.80. The molecular formula is C17H22N4. The molecule has 4 saturated carbocycles. The van der Waals surface area contributed by atoms with Crippen molar-refractivity contribution in [1.82, 2.24) is 9.97 Å². The van der Waals surface area contributed by atoms with Crippen LogP contribution >= 0.6 is 0 Å². The summed E-state index contributed by atoms with van der Waals surface area (Å²) in [6.45, 7) is 0. The molecule has 4 N–H and O–H groups in total. The van der Waals surface area contributed by atoms with Crippen LogP contribution in [-0.4, -0.2) is 15.5 Å². The van der Waals surface area contributed by atoms with Crippen LogP contribution in [0.3, 0.4) is 0 Å². The molecule has 4 fully saturated rings. The summed E-state index contributed by atoms with van der Waals surface area (Å²) in [5, 5.41) is 3.79. The molecule has 0 amide bonds. The maximum atomic E-state index is 5.85. The lowest BCUT2D eigenvalue weighted by Crippen LogP contribution is -2.54. The molecule has 21 heavy (non-hydrogen) atoms. The van der Waals surface area contributed by atoms with Crippen LogP contribution in [0.1, 0.15) is 38.5 Å². The monoisotopic (exact) mass is 282 g/mol. The van der Waals surface area contributed by atoms with Crippen LogP contribution < -0.4 is 11.1 Å². The fourth-order valence-electron chi connectivity index (χ4n) is 5.60. The Morgan fingerprint density at radius 2 is 1.76 bits per heavy atom. The van der Waals surface area contributed by atoms with E-state index in [-0.39, 0.29) is 0 Å². The minimum atomic E-state index is 0.300. The molecule has 0 spiro atoms. The van der Waals surface area contributed by atoms with Gasteiger partial charge in [0.15, 0.2) is 0 Å². The first kappa shape index (κ1) is 11.9. The van der Waals surface area contributed by atoms with E-state index in [0.717, 1.165) is 40.4 Å². The zero-order chi connectivity index (χ0) is 14.0. The summed E-state index contributed by atoms with van der Waals surface area (Å²) in [6, 6.07) is 5.87. The molecule has 0 saturated heterocycles. The number of anilines is 2. The molecule has 0 aliphatic heterocycles. The van der Waals surface area contributed by atoms with E-state index >= 15 is 0 Å². The topological polar surface area (TPSA) is 66.7 Å². The van der Waals surface area contributed by atoms with Crippen molar-refractivity contribution in [2.75, 3.05) is 11.1 Å². The third kappa shape index (κ3) is 1.84. The van der Waals surface area contributed by atoms with Gasteiger partial charge in [-0.2, -0.15) is 0 Å². The average molecular weight is 282 g/mol. The third-order valence-electron chi connectivity index (χ3n) is 5.93. The number of nitrogen functional groups attached to an aromatic ring is 1. The Kier molecular flexibility index (Phi) is 2.23. The van der Waals surface area contributed by atoms with Gasteiger partial charge in [-0.1, -0.05) is 0 Å². The summed E-state index contributed by atoms with van der Waals surface area (Å²) >= 11 is 0. The van der Waals surface area contributed by atoms with E-state index in [1.807, 2.05) is 18.2 Å². The first-order valence-electron chi connectivity index (χ1n) is 8.21. The summed E-state index contributed by atoms with van der Waals surface area (Å²) < 4.78 is 0. The van der Waals surface area contributed by atoms with E-state index in [0.29, 0.717) is 5.54 Å². The highest BCUT2D eigenvalue weighted by atomic mass is 15.2. The van der Waals surface area contributed by atoms with Gasteiger partial charge >= 0.3 is 0 Å². The molecule has 4 bridgehead atoms. The zero-order valence-corrected chi connectivity index (χ0v) is 12.2. The highest BCUT2D eigenvalue weighted by Crippen LogP contribution is 2.56. The van der Waals surface area contributed by atoms with Crippen LogP contribution in [0.25, 0.3) is 11.0 Å². The fraction of sp³-hybridized carbons (Fsp3) is 0.588. The summed E-state index contributed by atoms with van der Waals surface area (Å²) in [6.07, 6.45) is 8.40. The molecule has 2 aromatic rings. The van der Waals surface area contributed by atoms with Crippen LogP contribution in [0.15, 0.2) is 18.2 Å². The van der Waals surface area contributed by atoms with Crippen LogP contribution in [0, 0.1) is 17.8 Å². The van der Waals surface area contributed by atoms with Gasteiger partial charge in [0.2, 0.25) is 5.95 Å². The standard InChI is InChI=1S/C17H22N4/c18-13-1-2-14-15(6-13)20-16(19-14)21-17-7-10-3-11(8-17)5-12(4-10)9-17/h1-2,6,10-12H,3-5,7-9,18H2,(H2,19,20,21). The van der Waals surface area contributed by atoms with Crippen molar-refractivity contribution in [3.63, 3.8) is 0 Å². The molecule has 1 heterocycles. The smallest absolute Gasteiger partial charge is 0.201 e. The van der Waals surface area contributed by atoms with Gasteiger partial charge < -0.3 is 16.0 Å². The van der Waals surface area contributed by atoms with Gasteiger partial charge in [-0.15, -0.1) is 0 Å². The quantitative estimate of drug-likeness (QED) is 0.738. The van der Waals surface area contributed by atoms with Gasteiger partial charge in [-0.05, 0) is 74.5 Å². The van der Waals surface area contributed by atoms with Crippen molar-refractivity contribution in [3.8, 4) is 0 Å². The second kappa shape index (κ2) is 3.93. The van der Waals surface area contributed by atoms with Crippen molar-refractivity contribution in [2.45, 2.75) is 44.1 Å². The first-order valence-corrected chi connectivity index (χ1v) is 8.21. The number of benzene rings is 1. The van der Waals surface area contributed by atoms with E-state index in [1.165, 1.54) is 38.5 Å². The Morgan fingerprint density at radius 3 is 2.43 bits per heavy atom. The lowest BCUT2D eigenvalue weighted by Gasteiger charge is -2.56. The lowest BCUT2D eigenvalue weighted by atomic mass is 9.53. The molecule has 4 aliphatic rings. The van der Waals surface area contributed by atoms with Crippen LogP contribution in [-0.2, 0) is 0 Å².